The molecule has 2 atom stereocenters. The van der Waals surface area contributed by atoms with Crippen LogP contribution in [0.5, 0.6) is 5.75 Å². The zero-order chi connectivity index (χ0) is 21.6. The molecule has 0 spiro atoms. The Morgan fingerprint density at radius 3 is 2.32 bits per heavy atom. The van der Waals surface area contributed by atoms with Crippen LogP contribution in [0.1, 0.15) is 18.5 Å². The molecule has 0 radical (unpaired) electrons. The van der Waals surface area contributed by atoms with Gasteiger partial charge in [-0.05, 0) is 41.5 Å². The molecule has 156 valence electrons. The van der Waals surface area contributed by atoms with E-state index in [1.165, 1.54) is 4.68 Å². The molecule has 0 aliphatic rings. The first kappa shape index (κ1) is 20.2. The minimum Gasteiger partial charge on any atom is -0.481 e. The van der Waals surface area contributed by atoms with Crippen LogP contribution >= 0.6 is 0 Å². The van der Waals surface area contributed by atoms with Gasteiger partial charge >= 0.3 is 0 Å². The average molecular weight is 414 g/mol. The third kappa shape index (κ3) is 4.72. The predicted octanol–water partition coefficient (Wildman–Crippen LogP) is 3.24. The van der Waals surface area contributed by atoms with Crippen LogP contribution in [0.25, 0.3) is 10.8 Å². The summed E-state index contributed by atoms with van der Waals surface area (Å²) < 4.78 is 7.29. The second kappa shape index (κ2) is 9.13. The minimum absolute atomic E-state index is 0.416. The first-order chi connectivity index (χ1) is 15.1. The lowest BCUT2D eigenvalue weighted by atomic mass is 10.1. The summed E-state index contributed by atoms with van der Waals surface area (Å²) in [5, 5.41) is 6.28. The van der Waals surface area contributed by atoms with Gasteiger partial charge in [0.25, 0.3) is 11.8 Å². The van der Waals surface area contributed by atoms with Crippen LogP contribution in [0, 0.1) is 0 Å². The van der Waals surface area contributed by atoms with Crippen LogP contribution in [0.15, 0.2) is 91.3 Å². The van der Waals surface area contributed by atoms with Gasteiger partial charge in [-0.2, -0.15) is 5.10 Å². The second-order valence-electron chi connectivity index (χ2n) is 7.05. The normalized spacial score (nSPS) is 12.7. The summed E-state index contributed by atoms with van der Waals surface area (Å²) in [6.45, 7) is 1.62. The van der Waals surface area contributed by atoms with Crippen molar-refractivity contribution in [2.45, 2.75) is 19.1 Å². The van der Waals surface area contributed by atoms with E-state index in [2.05, 4.69) is 16.0 Å². The van der Waals surface area contributed by atoms with Crippen molar-refractivity contribution in [3.05, 3.63) is 96.8 Å². The van der Waals surface area contributed by atoms with E-state index in [1.807, 2.05) is 72.8 Å². The fourth-order valence-corrected chi connectivity index (χ4v) is 3.28. The molecule has 0 bridgehead atoms. The Hall–Kier alpha value is -4.13. The maximum Gasteiger partial charge on any atom is 0.279 e. The van der Waals surface area contributed by atoms with E-state index in [0.29, 0.717) is 5.75 Å². The van der Waals surface area contributed by atoms with Gasteiger partial charge in [0.15, 0.2) is 12.1 Å². The van der Waals surface area contributed by atoms with Gasteiger partial charge in [0.1, 0.15) is 5.75 Å². The molecule has 31 heavy (non-hydrogen) atoms. The molecule has 0 saturated heterocycles. The molecule has 7 nitrogen and oxygen atoms in total. The van der Waals surface area contributed by atoms with Gasteiger partial charge in [0.05, 0.1) is 0 Å². The first-order valence-electron chi connectivity index (χ1n) is 9.91. The number of hydrogen-bond donors (Lipinski definition) is 2. The van der Waals surface area contributed by atoms with Crippen molar-refractivity contribution in [3.63, 3.8) is 0 Å². The molecule has 1 heterocycles. The molecule has 0 aliphatic heterocycles. The minimum atomic E-state index is -0.804. The molecule has 3 aromatic carbocycles. The average Bonchev–Trinajstić information content (AvgIpc) is 3.32. The lowest BCUT2D eigenvalue weighted by molar-refractivity contribution is -0.133. The molecule has 4 aromatic rings. The number of nitrogens with one attached hydrogen (secondary N) is 2. The third-order valence-electron chi connectivity index (χ3n) is 4.86. The zero-order valence-corrected chi connectivity index (χ0v) is 16.9. The summed E-state index contributed by atoms with van der Waals surface area (Å²) in [5.41, 5.74) is 5.68. The van der Waals surface area contributed by atoms with Crippen LogP contribution < -0.4 is 15.6 Å². The Morgan fingerprint density at radius 1 is 0.871 bits per heavy atom. The molecule has 1 aromatic heterocycles. The number of hydrazine groups is 1. The Labute approximate surface area is 179 Å². The predicted molar refractivity (Wildman–Crippen MR) is 117 cm³/mol. The second-order valence-corrected chi connectivity index (χ2v) is 7.05. The summed E-state index contributed by atoms with van der Waals surface area (Å²) in [6.07, 6.45) is 2.49. The van der Waals surface area contributed by atoms with E-state index < -0.39 is 24.0 Å². The molecule has 2 N–H and O–H groups in total. The molecule has 0 fully saturated rings. The van der Waals surface area contributed by atoms with Gasteiger partial charge in [-0.3, -0.25) is 25.1 Å². The standard InChI is InChI=1S/C24H22N4O3/c1-17(31-21-13-12-18-8-5-6-11-20(18)16-21)23(29)26-27-24(30)22(28-15-7-14-25-28)19-9-3-2-4-10-19/h2-17,22H,1H3,(H,26,29)(H,27,30). The van der Waals surface area contributed by atoms with E-state index >= 15 is 0 Å². The fourth-order valence-electron chi connectivity index (χ4n) is 3.28. The van der Waals surface area contributed by atoms with Gasteiger partial charge in [-0.15, -0.1) is 0 Å². The molecule has 0 saturated carbocycles. The van der Waals surface area contributed by atoms with Gasteiger partial charge in [0.2, 0.25) is 0 Å². The Morgan fingerprint density at radius 2 is 1.58 bits per heavy atom. The molecule has 7 heteroatoms. The molecular weight excluding hydrogens is 392 g/mol. The third-order valence-corrected chi connectivity index (χ3v) is 4.86. The summed E-state index contributed by atoms with van der Waals surface area (Å²) in [7, 11) is 0. The van der Waals surface area contributed by atoms with Crippen molar-refractivity contribution in [2.75, 3.05) is 0 Å². The van der Waals surface area contributed by atoms with Gasteiger partial charge in [-0.1, -0.05) is 60.7 Å². The topological polar surface area (TPSA) is 85.3 Å². The molecule has 4 rings (SSSR count). The number of ether oxygens (including phenoxy) is 1. The number of hydrogen-bond acceptors (Lipinski definition) is 4. The van der Waals surface area contributed by atoms with Crippen LogP contribution in [0.4, 0.5) is 0 Å². The summed E-state index contributed by atoms with van der Waals surface area (Å²) in [6, 6.07) is 23.8. The highest BCUT2D eigenvalue weighted by Crippen LogP contribution is 2.21. The van der Waals surface area contributed by atoms with Crippen molar-refractivity contribution < 1.29 is 14.3 Å². The SMILES string of the molecule is CC(Oc1ccc2ccccc2c1)C(=O)NNC(=O)C(c1ccccc1)n1cccn1. The van der Waals surface area contributed by atoms with E-state index in [9.17, 15) is 9.59 Å². The summed E-state index contributed by atoms with van der Waals surface area (Å²) in [5.74, 6) is -0.304. The van der Waals surface area contributed by atoms with Crippen molar-refractivity contribution in [1.29, 1.82) is 0 Å². The highest BCUT2D eigenvalue weighted by molar-refractivity contribution is 5.88. The van der Waals surface area contributed by atoms with E-state index in [4.69, 9.17) is 4.74 Å². The number of benzene rings is 3. The smallest absolute Gasteiger partial charge is 0.279 e. The largest absolute Gasteiger partial charge is 0.481 e. The monoisotopic (exact) mass is 414 g/mol. The molecular formula is C24H22N4O3. The number of aromatic nitrogens is 2. The van der Waals surface area contributed by atoms with Crippen molar-refractivity contribution in [1.82, 2.24) is 20.6 Å². The van der Waals surface area contributed by atoms with Gasteiger partial charge < -0.3 is 4.74 Å². The Kier molecular flexibility index (Phi) is 5.93. The number of carbonyl (C=O) groups excluding carboxylic acids is 2. The van der Waals surface area contributed by atoms with Crippen LogP contribution in [-0.4, -0.2) is 27.7 Å². The molecule has 0 aliphatic carbocycles. The quantitative estimate of drug-likeness (QED) is 0.475. The maximum absolute atomic E-state index is 12.8. The lowest BCUT2D eigenvalue weighted by Crippen LogP contribution is -2.49. The zero-order valence-electron chi connectivity index (χ0n) is 16.9. The van der Waals surface area contributed by atoms with Gasteiger partial charge in [0, 0.05) is 12.4 Å². The maximum atomic E-state index is 12.8. The van der Waals surface area contributed by atoms with Crippen molar-refractivity contribution >= 4 is 22.6 Å². The summed E-state index contributed by atoms with van der Waals surface area (Å²) in [4.78, 5) is 25.3. The van der Waals surface area contributed by atoms with Crippen molar-refractivity contribution in [3.8, 4) is 5.75 Å². The van der Waals surface area contributed by atoms with E-state index in [1.54, 1.807) is 25.4 Å². The molecule has 2 unspecified atom stereocenters. The lowest BCUT2D eigenvalue weighted by Gasteiger charge is -2.19. The van der Waals surface area contributed by atoms with E-state index in [0.717, 1.165) is 16.3 Å². The number of rotatable bonds is 6. The van der Waals surface area contributed by atoms with Crippen LogP contribution in [-0.2, 0) is 9.59 Å². The van der Waals surface area contributed by atoms with Crippen LogP contribution in [0.3, 0.4) is 0 Å². The molecule has 2 amide bonds. The Bertz CT molecular complexity index is 1180. The van der Waals surface area contributed by atoms with E-state index in [-0.39, 0.29) is 0 Å². The highest BCUT2D eigenvalue weighted by atomic mass is 16.5. The number of fused-ring (bicyclic) bond motifs is 1. The van der Waals surface area contributed by atoms with Gasteiger partial charge in [-0.25, -0.2) is 0 Å². The Balaban J connectivity index is 1.40. The number of carbonyl (C=O) groups is 2. The highest BCUT2D eigenvalue weighted by Gasteiger charge is 2.24. The fraction of sp³-hybridized carbons (Fsp3) is 0.125. The van der Waals surface area contributed by atoms with Crippen molar-refractivity contribution in [2.24, 2.45) is 0 Å². The van der Waals surface area contributed by atoms with Crippen LogP contribution in [0.2, 0.25) is 0 Å². The summed E-state index contributed by atoms with van der Waals surface area (Å²) >= 11 is 0. The number of amides is 2. The number of nitrogens with zero attached hydrogens (tertiary/aromatic N) is 2. The first-order valence-corrected chi connectivity index (χ1v) is 9.91.